The average molecular weight is 377 g/mol. The molecule has 0 bridgehead atoms. The van der Waals surface area contributed by atoms with Crippen LogP contribution in [0.3, 0.4) is 0 Å². The van der Waals surface area contributed by atoms with Crippen LogP contribution in [0.5, 0.6) is 0 Å². The fourth-order valence-corrected chi connectivity index (χ4v) is 2.47. The summed E-state index contributed by atoms with van der Waals surface area (Å²) in [6, 6.07) is 5.77. The summed E-state index contributed by atoms with van der Waals surface area (Å²) < 4.78 is 0.940. The zero-order valence-corrected chi connectivity index (χ0v) is 13.8. The highest BCUT2D eigenvalue weighted by Crippen LogP contribution is 2.15. The minimum Gasteiger partial charge on any atom is -0.352 e. The van der Waals surface area contributed by atoms with Gasteiger partial charge in [0.05, 0.1) is 0 Å². The smallest absolute Gasteiger partial charge is 0.251 e. The van der Waals surface area contributed by atoms with Crippen molar-refractivity contribution < 1.29 is 4.79 Å². The van der Waals surface area contributed by atoms with Crippen molar-refractivity contribution in [2.24, 2.45) is 0 Å². The number of nitrogens with one attached hydrogen (secondary N) is 1. The predicted molar refractivity (Wildman–Crippen MR) is 83.5 cm³/mol. The third-order valence-corrected chi connectivity index (χ3v) is 3.84. The number of halogens is 2. The fourth-order valence-electron chi connectivity index (χ4n) is 1.71. The number of aryl methyl sites for hydroxylation is 1. The molecule has 0 aliphatic rings. The van der Waals surface area contributed by atoms with E-state index in [4.69, 9.17) is 0 Å². The maximum Gasteiger partial charge on any atom is 0.251 e. The van der Waals surface area contributed by atoms with Gasteiger partial charge in [-0.1, -0.05) is 50.8 Å². The van der Waals surface area contributed by atoms with Crippen LogP contribution in [-0.2, 0) is 0 Å². The molecule has 4 heteroatoms. The van der Waals surface area contributed by atoms with E-state index < -0.39 is 0 Å². The third kappa shape index (κ3) is 5.53. The van der Waals surface area contributed by atoms with Gasteiger partial charge in [-0.15, -0.1) is 0 Å². The molecule has 0 saturated carbocycles. The van der Waals surface area contributed by atoms with Crippen LogP contribution in [0.15, 0.2) is 22.7 Å². The van der Waals surface area contributed by atoms with Gasteiger partial charge in [-0.2, -0.15) is 0 Å². The molecule has 0 spiro atoms. The van der Waals surface area contributed by atoms with E-state index in [1.165, 1.54) is 19.3 Å². The highest BCUT2D eigenvalue weighted by Gasteiger charge is 2.08. The first-order chi connectivity index (χ1) is 8.65. The first-order valence-corrected chi connectivity index (χ1v) is 8.17. The zero-order valence-electron chi connectivity index (χ0n) is 10.6. The SMILES string of the molecule is Cc1ccc(Br)cc1C(=O)NCCCCCCBr. The summed E-state index contributed by atoms with van der Waals surface area (Å²) in [5.41, 5.74) is 1.76. The molecule has 1 aromatic rings. The molecule has 0 aliphatic heterocycles. The second-order valence-electron chi connectivity index (χ2n) is 4.32. The topological polar surface area (TPSA) is 29.1 Å². The lowest BCUT2D eigenvalue weighted by Gasteiger charge is -2.08. The number of benzene rings is 1. The minimum atomic E-state index is 0.0225. The summed E-state index contributed by atoms with van der Waals surface area (Å²) in [6.07, 6.45) is 4.64. The molecule has 18 heavy (non-hydrogen) atoms. The normalized spacial score (nSPS) is 10.4. The van der Waals surface area contributed by atoms with Crippen LogP contribution in [0.4, 0.5) is 0 Å². The molecule has 0 aliphatic carbocycles. The van der Waals surface area contributed by atoms with E-state index in [2.05, 4.69) is 37.2 Å². The molecule has 0 aromatic heterocycles. The van der Waals surface area contributed by atoms with Crippen LogP contribution in [0.1, 0.15) is 41.6 Å². The molecule has 2 nitrogen and oxygen atoms in total. The summed E-state index contributed by atoms with van der Waals surface area (Å²) >= 11 is 6.80. The fraction of sp³-hybridized carbons (Fsp3) is 0.500. The number of carbonyl (C=O) groups is 1. The van der Waals surface area contributed by atoms with Crippen molar-refractivity contribution in [3.05, 3.63) is 33.8 Å². The number of unbranched alkanes of at least 4 members (excludes halogenated alkanes) is 3. The van der Waals surface area contributed by atoms with Crippen molar-refractivity contribution >= 4 is 37.8 Å². The Balaban J connectivity index is 2.34. The van der Waals surface area contributed by atoms with Gasteiger partial charge < -0.3 is 5.32 Å². The summed E-state index contributed by atoms with van der Waals surface area (Å²) in [5.74, 6) is 0.0225. The van der Waals surface area contributed by atoms with E-state index in [-0.39, 0.29) is 5.91 Å². The third-order valence-electron chi connectivity index (χ3n) is 2.79. The first-order valence-electron chi connectivity index (χ1n) is 6.25. The Labute approximate surface area is 126 Å². The van der Waals surface area contributed by atoms with Crippen LogP contribution in [-0.4, -0.2) is 17.8 Å². The lowest BCUT2D eigenvalue weighted by Crippen LogP contribution is -2.25. The van der Waals surface area contributed by atoms with Crippen LogP contribution in [0, 0.1) is 6.92 Å². The second-order valence-corrected chi connectivity index (χ2v) is 6.03. The highest BCUT2D eigenvalue weighted by molar-refractivity contribution is 9.10. The minimum absolute atomic E-state index is 0.0225. The number of rotatable bonds is 7. The van der Waals surface area contributed by atoms with Crippen molar-refractivity contribution in [3.8, 4) is 0 Å². The lowest BCUT2D eigenvalue weighted by molar-refractivity contribution is 0.0952. The molecule has 0 saturated heterocycles. The quantitative estimate of drug-likeness (QED) is 0.553. The Morgan fingerprint density at radius 2 is 1.94 bits per heavy atom. The van der Waals surface area contributed by atoms with E-state index in [1.807, 2.05) is 25.1 Å². The molecule has 0 unspecified atom stereocenters. The Kier molecular flexibility index (Phi) is 7.59. The Morgan fingerprint density at radius 3 is 2.67 bits per heavy atom. The average Bonchev–Trinajstić information content (AvgIpc) is 2.36. The Hall–Kier alpha value is -0.350. The monoisotopic (exact) mass is 375 g/mol. The van der Waals surface area contributed by atoms with Crippen molar-refractivity contribution in [1.82, 2.24) is 5.32 Å². The number of alkyl halides is 1. The van der Waals surface area contributed by atoms with Crippen molar-refractivity contribution in [1.29, 1.82) is 0 Å². The number of carbonyl (C=O) groups excluding carboxylic acids is 1. The highest BCUT2D eigenvalue weighted by atomic mass is 79.9. The van der Waals surface area contributed by atoms with Gasteiger partial charge in [-0.3, -0.25) is 4.79 Å². The van der Waals surface area contributed by atoms with Gasteiger partial charge in [0.2, 0.25) is 0 Å². The summed E-state index contributed by atoms with van der Waals surface area (Å²) in [4.78, 5) is 12.0. The van der Waals surface area contributed by atoms with E-state index >= 15 is 0 Å². The van der Waals surface area contributed by atoms with E-state index in [1.54, 1.807) is 0 Å². The zero-order chi connectivity index (χ0) is 13.4. The van der Waals surface area contributed by atoms with Gasteiger partial charge in [0.1, 0.15) is 0 Å². The molecule has 1 amide bonds. The second kappa shape index (κ2) is 8.70. The summed E-state index contributed by atoms with van der Waals surface area (Å²) in [5, 5.41) is 4.04. The molecule has 0 radical (unpaired) electrons. The van der Waals surface area contributed by atoms with E-state index in [9.17, 15) is 4.79 Å². The van der Waals surface area contributed by atoms with Gasteiger partial charge in [0.25, 0.3) is 5.91 Å². The number of hydrogen-bond donors (Lipinski definition) is 1. The number of amides is 1. The van der Waals surface area contributed by atoms with Crippen LogP contribution in [0.2, 0.25) is 0 Å². The standard InChI is InChI=1S/C14H19Br2NO/c1-11-6-7-12(16)10-13(11)14(18)17-9-5-3-2-4-8-15/h6-7,10H,2-5,8-9H2,1H3,(H,17,18). The molecule has 0 fully saturated rings. The number of hydrogen-bond acceptors (Lipinski definition) is 1. The van der Waals surface area contributed by atoms with E-state index in [0.717, 1.165) is 33.9 Å². The molecule has 1 aromatic carbocycles. The first kappa shape index (κ1) is 15.7. The maximum absolute atomic E-state index is 12.0. The van der Waals surface area contributed by atoms with Gasteiger partial charge >= 0.3 is 0 Å². The van der Waals surface area contributed by atoms with Crippen LogP contribution < -0.4 is 5.32 Å². The Bertz CT molecular complexity index is 393. The summed E-state index contributed by atoms with van der Waals surface area (Å²) in [7, 11) is 0. The van der Waals surface area contributed by atoms with Crippen LogP contribution in [0.25, 0.3) is 0 Å². The molecule has 1 N–H and O–H groups in total. The molecule has 1 rings (SSSR count). The molecule has 0 heterocycles. The lowest BCUT2D eigenvalue weighted by atomic mass is 10.1. The molecular weight excluding hydrogens is 358 g/mol. The van der Waals surface area contributed by atoms with Gasteiger partial charge in [-0.05, 0) is 37.5 Å². The van der Waals surface area contributed by atoms with Crippen LogP contribution >= 0.6 is 31.9 Å². The molecule has 100 valence electrons. The van der Waals surface area contributed by atoms with E-state index in [0.29, 0.717) is 0 Å². The maximum atomic E-state index is 12.0. The largest absolute Gasteiger partial charge is 0.352 e. The predicted octanol–water partition coefficient (Wildman–Crippen LogP) is 4.44. The Morgan fingerprint density at radius 1 is 1.22 bits per heavy atom. The summed E-state index contributed by atoms with van der Waals surface area (Å²) in [6.45, 7) is 2.71. The van der Waals surface area contributed by atoms with Gasteiger partial charge in [0, 0.05) is 21.9 Å². The van der Waals surface area contributed by atoms with Gasteiger partial charge in [-0.25, -0.2) is 0 Å². The van der Waals surface area contributed by atoms with Crippen molar-refractivity contribution in [2.45, 2.75) is 32.6 Å². The van der Waals surface area contributed by atoms with Gasteiger partial charge in [0.15, 0.2) is 0 Å². The molecular formula is C14H19Br2NO. The van der Waals surface area contributed by atoms with Crippen molar-refractivity contribution in [2.75, 3.05) is 11.9 Å². The van der Waals surface area contributed by atoms with Crippen molar-refractivity contribution in [3.63, 3.8) is 0 Å². The molecule has 0 atom stereocenters.